The van der Waals surface area contributed by atoms with E-state index < -0.39 is 9.84 Å². The van der Waals surface area contributed by atoms with E-state index in [2.05, 4.69) is 0 Å². The Morgan fingerprint density at radius 3 is 2.33 bits per heavy atom. The second-order valence-corrected chi connectivity index (χ2v) is 6.71. The van der Waals surface area contributed by atoms with E-state index in [1.807, 2.05) is 13.8 Å². The summed E-state index contributed by atoms with van der Waals surface area (Å²) in [4.78, 5) is 0. The molecule has 0 aromatic heterocycles. The Morgan fingerprint density at radius 2 is 2.08 bits per heavy atom. The van der Waals surface area contributed by atoms with Crippen LogP contribution in [-0.2, 0) is 9.84 Å². The van der Waals surface area contributed by atoms with Crippen molar-refractivity contribution < 1.29 is 8.42 Å². The average molecular weight is 191 g/mol. The molecule has 0 aliphatic carbocycles. The van der Waals surface area contributed by atoms with Gasteiger partial charge in [0, 0.05) is 5.54 Å². The molecule has 0 bridgehead atoms. The third-order valence-corrected chi connectivity index (χ3v) is 4.63. The summed E-state index contributed by atoms with van der Waals surface area (Å²) in [5.41, 5.74) is 5.53. The molecule has 1 saturated heterocycles. The number of rotatable bonds is 3. The van der Waals surface area contributed by atoms with Gasteiger partial charge in [-0.15, -0.1) is 0 Å². The number of sulfone groups is 1. The lowest BCUT2D eigenvalue weighted by Gasteiger charge is -2.28. The highest BCUT2D eigenvalue weighted by Gasteiger charge is 2.35. The Bertz CT molecular complexity index is 251. The molecule has 0 radical (unpaired) electrons. The van der Waals surface area contributed by atoms with E-state index in [9.17, 15) is 8.42 Å². The molecule has 1 atom stereocenters. The minimum atomic E-state index is -2.70. The summed E-state index contributed by atoms with van der Waals surface area (Å²) in [5, 5.41) is -0.0969. The van der Waals surface area contributed by atoms with E-state index in [-0.39, 0.29) is 10.8 Å². The standard InChI is InChI=1S/C8H17NO2S/c1-8(2,9)5-3-7-4-6-12(7,10)11/h7H,3-6,9H2,1-2H3. The van der Waals surface area contributed by atoms with E-state index in [0.717, 1.165) is 19.3 Å². The normalized spacial score (nSPS) is 28.1. The third-order valence-electron chi connectivity index (χ3n) is 2.34. The van der Waals surface area contributed by atoms with Crippen molar-refractivity contribution >= 4 is 9.84 Å². The first-order valence-electron chi connectivity index (χ1n) is 4.32. The largest absolute Gasteiger partial charge is 0.326 e. The maximum absolute atomic E-state index is 11.1. The molecular formula is C8H17NO2S. The van der Waals surface area contributed by atoms with Gasteiger partial charge in [-0.25, -0.2) is 8.42 Å². The predicted molar refractivity (Wildman–Crippen MR) is 49.7 cm³/mol. The summed E-state index contributed by atoms with van der Waals surface area (Å²) in [6.07, 6.45) is 2.35. The van der Waals surface area contributed by atoms with Crippen LogP contribution in [0.15, 0.2) is 0 Å². The van der Waals surface area contributed by atoms with Crippen molar-refractivity contribution in [2.75, 3.05) is 5.75 Å². The molecule has 3 nitrogen and oxygen atoms in total. The van der Waals surface area contributed by atoms with Crippen LogP contribution in [0.5, 0.6) is 0 Å². The van der Waals surface area contributed by atoms with Crippen LogP contribution in [0.25, 0.3) is 0 Å². The van der Waals surface area contributed by atoms with Gasteiger partial charge in [0.1, 0.15) is 0 Å². The van der Waals surface area contributed by atoms with E-state index in [1.54, 1.807) is 0 Å². The Kier molecular flexibility index (Phi) is 2.50. The zero-order valence-electron chi connectivity index (χ0n) is 7.71. The molecule has 1 aliphatic rings. The summed E-state index contributed by atoms with van der Waals surface area (Å²) in [5.74, 6) is 0.378. The first-order chi connectivity index (χ1) is 5.31. The lowest BCUT2D eigenvalue weighted by molar-refractivity contribution is 0.435. The molecule has 4 heteroatoms. The highest BCUT2D eigenvalue weighted by Crippen LogP contribution is 2.26. The topological polar surface area (TPSA) is 60.2 Å². The molecule has 12 heavy (non-hydrogen) atoms. The molecule has 1 rings (SSSR count). The minimum Gasteiger partial charge on any atom is -0.326 e. The molecule has 0 spiro atoms. The SMILES string of the molecule is CC(C)(N)CCC1CCS1(=O)=O. The molecule has 72 valence electrons. The van der Waals surface area contributed by atoms with Gasteiger partial charge in [0.15, 0.2) is 9.84 Å². The number of nitrogens with two attached hydrogens (primary N) is 1. The van der Waals surface area contributed by atoms with Gasteiger partial charge in [0.25, 0.3) is 0 Å². The van der Waals surface area contributed by atoms with Crippen molar-refractivity contribution in [1.82, 2.24) is 0 Å². The highest BCUT2D eigenvalue weighted by atomic mass is 32.2. The molecule has 0 saturated carbocycles. The smallest absolute Gasteiger partial charge is 0.153 e. The second-order valence-electron chi connectivity index (χ2n) is 4.30. The van der Waals surface area contributed by atoms with Crippen LogP contribution in [0.3, 0.4) is 0 Å². The van der Waals surface area contributed by atoms with E-state index in [1.165, 1.54) is 0 Å². The molecular weight excluding hydrogens is 174 g/mol. The number of hydrogen-bond acceptors (Lipinski definition) is 3. The van der Waals surface area contributed by atoms with Gasteiger partial charge in [-0.1, -0.05) is 0 Å². The summed E-state index contributed by atoms with van der Waals surface area (Å²) in [6, 6.07) is 0. The van der Waals surface area contributed by atoms with Crippen LogP contribution in [-0.4, -0.2) is 25.0 Å². The number of hydrogen-bond donors (Lipinski definition) is 1. The van der Waals surface area contributed by atoms with Crippen molar-refractivity contribution in [2.45, 2.75) is 43.9 Å². The Labute approximate surface area is 74.3 Å². The summed E-state index contributed by atoms with van der Waals surface area (Å²) >= 11 is 0. The van der Waals surface area contributed by atoms with Crippen LogP contribution in [0, 0.1) is 0 Å². The van der Waals surface area contributed by atoms with Crippen molar-refractivity contribution in [3.63, 3.8) is 0 Å². The average Bonchev–Trinajstić information content (AvgIpc) is 1.83. The maximum Gasteiger partial charge on any atom is 0.153 e. The maximum atomic E-state index is 11.1. The Morgan fingerprint density at radius 1 is 1.50 bits per heavy atom. The van der Waals surface area contributed by atoms with Gasteiger partial charge >= 0.3 is 0 Å². The van der Waals surface area contributed by atoms with Crippen LogP contribution in [0.2, 0.25) is 0 Å². The fraction of sp³-hybridized carbons (Fsp3) is 1.00. The molecule has 1 heterocycles. The molecule has 0 aromatic rings. The quantitative estimate of drug-likeness (QED) is 0.714. The molecule has 1 aliphatic heterocycles. The molecule has 0 aromatic carbocycles. The highest BCUT2D eigenvalue weighted by molar-refractivity contribution is 7.93. The van der Waals surface area contributed by atoms with Crippen LogP contribution < -0.4 is 5.73 Å². The van der Waals surface area contributed by atoms with Gasteiger partial charge in [-0.05, 0) is 33.1 Å². The van der Waals surface area contributed by atoms with Crippen molar-refractivity contribution in [1.29, 1.82) is 0 Å². The van der Waals surface area contributed by atoms with Gasteiger partial charge in [0.2, 0.25) is 0 Å². The molecule has 0 amide bonds. The monoisotopic (exact) mass is 191 g/mol. The zero-order chi connectivity index (χ0) is 9.41. The fourth-order valence-electron chi connectivity index (χ4n) is 1.33. The third kappa shape index (κ3) is 2.45. The molecule has 1 fully saturated rings. The fourth-order valence-corrected chi connectivity index (χ4v) is 2.76. The molecule has 1 unspecified atom stereocenters. The Balaban J connectivity index is 2.35. The minimum absolute atomic E-state index is 0.0969. The van der Waals surface area contributed by atoms with Gasteiger partial charge < -0.3 is 5.73 Å². The second kappa shape index (κ2) is 3.00. The first-order valence-corrected chi connectivity index (χ1v) is 6.03. The van der Waals surface area contributed by atoms with Crippen molar-refractivity contribution in [3.8, 4) is 0 Å². The van der Waals surface area contributed by atoms with Gasteiger partial charge in [-0.3, -0.25) is 0 Å². The van der Waals surface area contributed by atoms with Crippen molar-refractivity contribution in [2.24, 2.45) is 5.73 Å². The summed E-state index contributed by atoms with van der Waals surface area (Å²) in [6.45, 7) is 3.86. The van der Waals surface area contributed by atoms with E-state index in [0.29, 0.717) is 5.75 Å². The lowest BCUT2D eigenvalue weighted by atomic mass is 9.98. The van der Waals surface area contributed by atoms with Gasteiger partial charge in [0.05, 0.1) is 11.0 Å². The van der Waals surface area contributed by atoms with E-state index >= 15 is 0 Å². The summed E-state index contributed by atoms with van der Waals surface area (Å²) in [7, 11) is -2.70. The van der Waals surface area contributed by atoms with Crippen LogP contribution in [0.4, 0.5) is 0 Å². The van der Waals surface area contributed by atoms with Crippen LogP contribution >= 0.6 is 0 Å². The van der Waals surface area contributed by atoms with Crippen molar-refractivity contribution in [3.05, 3.63) is 0 Å². The Hall–Kier alpha value is -0.0900. The lowest BCUT2D eigenvalue weighted by Crippen LogP contribution is -2.40. The predicted octanol–water partition coefficient (Wildman–Crippen LogP) is 0.691. The zero-order valence-corrected chi connectivity index (χ0v) is 8.52. The van der Waals surface area contributed by atoms with Gasteiger partial charge in [-0.2, -0.15) is 0 Å². The molecule has 2 N–H and O–H groups in total. The summed E-state index contributed by atoms with van der Waals surface area (Å²) < 4.78 is 22.2. The van der Waals surface area contributed by atoms with Crippen LogP contribution in [0.1, 0.15) is 33.1 Å². The van der Waals surface area contributed by atoms with E-state index in [4.69, 9.17) is 5.73 Å². The first kappa shape index (κ1) is 9.99.